The topological polar surface area (TPSA) is 88.3 Å². The van der Waals surface area contributed by atoms with Crippen LogP contribution in [0, 0.1) is 0 Å². The highest BCUT2D eigenvalue weighted by Gasteiger charge is 2.29. The number of morpholine rings is 1. The molecule has 0 saturated carbocycles. The number of ether oxygens (including phenoxy) is 2. The van der Waals surface area contributed by atoms with Crippen molar-refractivity contribution in [3.8, 4) is 0 Å². The molecule has 2 saturated heterocycles. The van der Waals surface area contributed by atoms with E-state index in [1.807, 2.05) is 13.0 Å². The first kappa shape index (κ1) is 17.2. The van der Waals surface area contributed by atoms with Gasteiger partial charge >= 0.3 is 0 Å². The van der Waals surface area contributed by atoms with E-state index in [0.717, 1.165) is 31.7 Å². The molecular weight excluding hydrogens is 308 g/mol. The fourth-order valence-electron chi connectivity index (χ4n) is 2.85. The van der Waals surface area contributed by atoms with Gasteiger partial charge in [-0.25, -0.2) is 0 Å². The predicted molar refractivity (Wildman–Crippen MR) is 84.5 cm³/mol. The van der Waals surface area contributed by atoms with E-state index in [1.165, 1.54) is 0 Å². The number of H-pyrrole nitrogens is 1. The average Bonchev–Trinajstić information content (AvgIpc) is 2.97. The Morgan fingerprint density at radius 1 is 1.36 bits per heavy atom. The van der Waals surface area contributed by atoms with E-state index in [4.69, 9.17) is 9.47 Å². The maximum Gasteiger partial charge on any atom is 0.245 e. The summed E-state index contributed by atoms with van der Waals surface area (Å²) in [6.07, 6.45) is 1.85. The van der Waals surface area contributed by atoms with Crippen LogP contribution in [-0.2, 0) is 14.3 Å². The van der Waals surface area contributed by atoms with Crippen molar-refractivity contribution in [2.24, 2.45) is 0 Å². The summed E-state index contributed by atoms with van der Waals surface area (Å²) < 4.78 is 10.8. The summed E-state index contributed by atoms with van der Waals surface area (Å²) in [5, 5.41) is 13.2. The van der Waals surface area contributed by atoms with Crippen LogP contribution in [0.3, 0.4) is 0 Å². The number of aromatic nitrogens is 2. The second kappa shape index (κ2) is 7.92. The minimum Gasteiger partial charge on any atom is -0.381 e. The Morgan fingerprint density at radius 2 is 2.14 bits per heavy atom. The molecule has 22 heavy (non-hydrogen) atoms. The minimum absolute atomic E-state index is 0. The van der Waals surface area contributed by atoms with Crippen LogP contribution in [0.25, 0.3) is 0 Å². The molecule has 2 fully saturated rings. The lowest BCUT2D eigenvalue weighted by Gasteiger charge is -2.28. The molecule has 3 N–H and O–H groups in total. The van der Waals surface area contributed by atoms with E-state index in [1.54, 1.807) is 0 Å². The number of amides is 1. The van der Waals surface area contributed by atoms with Crippen LogP contribution >= 0.6 is 12.4 Å². The number of nitrogens with one attached hydrogen (secondary N) is 3. The summed E-state index contributed by atoms with van der Waals surface area (Å²) in [5.74, 6) is 0.903. The zero-order chi connectivity index (χ0) is 14.7. The lowest BCUT2D eigenvalue weighted by Crippen LogP contribution is -2.53. The Labute approximate surface area is 135 Å². The zero-order valence-corrected chi connectivity index (χ0v) is 13.4. The van der Waals surface area contributed by atoms with Crippen molar-refractivity contribution >= 4 is 24.1 Å². The van der Waals surface area contributed by atoms with Crippen molar-refractivity contribution < 1.29 is 14.3 Å². The number of carbonyl (C=O) groups excluding carboxylic acids is 1. The van der Waals surface area contributed by atoms with Gasteiger partial charge in [-0.3, -0.25) is 9.89 Å². The molecule has 2 atom stereocenters. The molecule has 7 nitrogen and oxygen atoms in total. The standard InChI is InChI=1S/C14H22N4O3.ClH/c1-9-13(15-4-7-21-9)14(19)16-12-8-11(17-18-12)10-2-5-20-6-3-10;/h8-10,13,15H,2-7H2,1H3,(H2,16,17,18,19);1H/t9-,13+;/m1./s1. The van der Waals surface area contributed by atoms with Crippen molar-refractivity contribution in [2.75, 3.05) is 31.7 Å². The zero-order valence-electron chi connectivity index (χ0n) is 12.6. The van der Waals surface area contributed by atoms with E-state index in [0.29, 0.717) is 24.9 Å². The number of aromatic amines is 1. The Hall–Kier alpha value is -1.15. The summed E-state index contributed by atoms with van der Waals surface area (Å²) in [5.41, 5.74) is 1.06. The number of hydrogen-bond donors (Lipinski definition) is 3. The molecule has 124 valence electrons. The molecule has 0 aromatic carbocycles. The molecule has 2 aliphatic rings. The molecule has 0 unspecified atom stereocenters. The monoisotopic (exact) mass is 330 g/mol. The number of hydrogen-bond acceptors (Lipinski definition) is 5. The fourth-order valence-corrected chi connectivity index (χ4v) is 2.85. The van der Waals surface area contributed by atoms with E-state index >= 15 is 0 Å². The summed E-state index contributed by atoms with van der Waals surface area (Å²) in [6, 6.07) is 1.59. The summed E-state index contributed by atoms with van der Waals surface area (Å²) >= 11 is 0. The highest BCUT2D eigenvalue weighted by Crippen LogP contribution is 2.26. The molecule has 3 heterocycles. The maximum atomic E-state index is 12.2. The van der Waals surface area contributed by atoms with Crippen molar-refractivity contribution in [1.82, 2.24) is 15.5 Å². The van der Waals surface area contributed by atoms with Crippen LogP contribution in [0.2, 0.25) is 0 Å². The van der Waals surface area contributed by atoms with Crippen molar-refractivity contribution in [3.05, 3.63) is 11.8 Å². The van der Waals surface area contributed by atoms with Gasteiger partial charge in [-0.15, -0.1) is 12.4 Å². The van der Waals surface area contributed by atoms with Gasteiger partial charge in [-0.2, -0.15) is 5.10 Å². The third kappa shape index (κ3) is 3.98. The van der Waals surface area contributed by atoms with E-state index in [2.05, 4.69) is 20.8 Å². The van der Waals surface area contributed by atoms with Crippen molar-refractivity contribution in [2.45, 2.75) is 37.8 Å². The molecular formula is C14H23ClN4O3. The molecule has 0 spiro atoms. The second-order valence-corrected chi connectivity index (χ2v) is 5.59. The van der Waals surface area contributed by atoms with Gasteiger partial charge in [0.1, 0.15) is 6.04 Å². The molecule has 1 aromatic heterocycles. The molecule has 3 rings (SSSR count). The van der Waals surface area contributed by atoms with Gasteiger partial charge < -0.3 is 20.1 Å². The van der Waals surface area contributed by atoms with Crippen molar-refractivity contribution in [3.63, 3.8) is 0 Å². The normalized spacial score (nSPS) is 26.2. The lowest BCUT2D eigenvalue weighted by molar-refractivity contribution is -0.123. The van der Waals surface area contributed by atoms with Gasteiger partial charge in [0.2, 0.25) is 5.91 Å². The lowest BCUT2D eigenvalue weighted by atomic mass is 9.97. The van der Waals surface area contributed by atoms with E-state index < -0.39 is 0 Å². The molecule has 1 aromatic rings. The van der Waals surface area contributed by atoms with Gasteiger partial charge in [0.05, 0.1) is 12.7 Å². The van der Waals surface area contributed by atoms with Crippen LogP contribution in [0.15, 0.2) is 6.07 Å². The molecule has 1 amide bonds. The number of halogens is 1. The van der Waals surface area contributed by atoms with E-state index in [-0.39, 0.29) is 30.5 Å². The summed E-state index contributed by atoms with van der Waals surface area (Å²) in [4.78, 5) is 12.2. The maximum absolute atomic E-state index is 12.2. The van der Waals surface area contributed by atoms with Crippen LogP contribution in [0.4, 0.5) is 5.82 Å². The third-order valence-electron chi connectivity index (χ3n) is 4.11. The first-order chi connectivity index (χ1) is 10.2. The van der Waals surface area contributed by atoms with Gasteiger partial charge in [0.15, 0.2) is 5.82 Å². The molecule has 0 aliphatic carbocycles. The summed E-state index contributed by atoms with van der Waals surface area (Å²) in [7, 11) is 0. The first-order valence-electron chi connectivity index (χ1n) is 7.53. The quantitative estimate of drug-likeness (QED) is 0.770. The molecule has 2 aliphatic heterocycles. The Kier molecular flexibility index (Phi) is 6.19. The van der Waals surface area contributed by atoms with Gasteiger partial charge in [0.25, 0.3) is 0 Å². The average molecular weight is 331 g/mol. The Bertz CT molecular complexity index is 490. The smallest absolute Gasteiger partial charge is 0.245 e. The highest BCUT2D eigenvalue weighted by atomic mass is 35.5. The SMILES string of the molecule is C[C@H]1OCCN[C@@H]1C(=O)Nc1cc(C2CCOCC2)[nH]n1.Cl. The number of carbonyl (C=O) groups is 1. The van der Waals surface area contributed by atoms with Crippen LogP contribution in [0.1, 0.15) is 31.4 Å². The highest BCUT2D eigenvalue weighted by molar-refractivity contribution is 5.94. The number of nitrogens with zero attached hydrogens (tertiary/aromatic N) is 1. The first-order valence-corrected chi connectivity index (χ1v) is 7.53. The summed E-state index contributed by atoms with van der Waals surface area (Å²) in [6.45, 7) is 4.80. The van der Waals surface area contributed by atoms with Crippen LogP contribution in [0.5, 0.6) is 0 Å². The van der Waals surface area contributed by atoms with E-state index in [9.17, 15) is 4.79 Å². The molecule has 0 radical (unpaired) electrons. The Morgan fingerprint density at radius 3 is 2.86 bits per heavy atom. The van der Waals surface area contributed by atoms with Crippen LogP contribution in [-0.4, -0.2) is 54.6 Å². The van der Waals surface area contributed by atoms with Gasteiger partial charge in [-0.05, 0) is 19.8 Å². The predicted octanol–water partition coefficient (Wildman–Crippen LogP) is 1.04. The van der Waals surface area contributed by atoms with Gasteiger partial charge in [-0.1, -0.05) is 0 Å². The fraction of sp³-hybridized carbons (Fsp3) is 0.714. The number of rotatable bonds is 3. The molecule has 8 heteroatoms. The number of anilines is 1. The van der Waals surface area contributed by atoms with Crippen molar-refractivity contribution in [1.29, 1.82) is 0 Å². The largest absolute Gasteiger partial charge is 0.381 e. The second-order valence-electron chi connectivity index (χ2n) is 5.59. The van der Waals surface area contributed by atoms with Gasteiger partial charge in [0, 0.05) is 37.4 Å². The minimum atomic E-state index is -0.331. The molecule has 0 bridgehead atoms. The Balaban J connectivity index is 0.00000176. The third-order valence-corrected chi connectivity index (χ3v) is 4.11. The van der Waals surface area contributed by atoms with Crippen LogP contribution < -0.4 is 10.6 Å².